The number of unbranched alkanes of at least 4 members (excludes halogenated alkanes) is 1. The third-order valence-corrected chi connectivity index (χ3v) is 4.18. The molecular weight excluding hydrogens is 324 g/mol. The van der Waals surface area contributed by atoms with E-state index in [1.807, 2.05) is 24.3 Å². The van der Waals surface area contributed by atoms with Crippen LogP contribution in [0.3, 0.4) is 0 Å². The maximum Gasteiger partial charge on any atom is 0.194 e. The highest BCUT2D eigenvalue weighted by molar-refractivity contribution is 7.80. The minimum Gasteiger partial charge on any atom is -0.497 e. The summed E-state index contributed by atoms with van der Waals surface area (Å²) in [4.78, 5) is 0. The lowest BCUT2D eigenvalue weighted by molar-refractivity contribution is -0.171. The van der Waals surface area contributed by atoms with E-state index in [0.29, 0.717) is 24.4 Å². The molecule has 1 fully saturated rings. The maximum atomic E-state index is 5.96. The molecule has 0 amide bonds. The number of methoxy groups -OCH3 is 1. The molecule has 5 nitrogen and oxygen atoms in total. The van der Waals surface area contributed by atoms with Gasteiger partial charge in [-0.25, -0.2) is 0 Å². The summed E-state index contributed by atoms with van der Waals surface area (Å²) in [6, 6.07) is 8.27. The maximum absolute atomic E-state index is 5.96. The average molecular weight is 353 g/mol. The van der Waals surface area contributed by atoms with E-state index in [1.54, 1.807) is 7.11 Å². The smallest absolute Gasteiger partial charge is 0.194 e. The Morgan fingerprint density at radius 1 is 1.21 bits per heavy atom. The molecule has 24 heavy (non-hydrogen) atoms. The van der Waals surface area contributed by atoms with Gasteiger partial charge in [-0.3, -0.25) is 0 Å². The molecule has 6 heteroatoms. The van der Waals surface area contributed by atoms with E-state index in [-0.39, 0.29) is 0 Å². The van der Waals surface area contributed by atoms with Crippen molar-refractivity contribution >= 4 is 17.3 Å². The van der Waals surface area contributed by atoms with Crippen molar-refractivity contribution in [3.8, 4) is 5.75 Å². The fourth-order valence-corrected chi connectivity index (χ4v) is 3.09. The van der Waals surface area contributed by atoms with Gasteiger partial charge in [0.2, 0.25) is 0 Å². The Kier molecular flexibility index (Phi) is 7.27. The summed E-state index contributed by atoms with van der Waals surface area (Å²) in [5.41, 5.74) is 1.05. The molecule has 2 N–H and O–H groups in total. The van der Waals surface area contributed by atoms with Crippen LogP contribution in [-0.2, 0) is 15.3 Å². The van der Waals surface area contributed by atoms with Crippen molar-refractivity contribution in [3.63, 3.8) is 0 Å². The van der Waals surface area contributed by atoms with Crippen LogP contribution in [0.15, 0.2) is 24.3 Å². The largest absolute Gasteiger partial charge is 0.497 e. The molecule has 0 atom stereocenters. The second-order valence-electron chi connectivity index (χ2n) is 6.19. The first-order chi connectivity index (χ1) is 11.6. The Morgan fingerprint density at radius 3 is 2.46 bits per heavy atom. The van der Waals surface area contributed by atoms with Crippen LogP contribution >= 0.6 is 12.2 Å². The molecule has 1 aliphatic rings. The topological polar surface area (TPSA) is 51.8 Å². The van der Waals surface area contributed by atoms with Gasteiger partial charge in [0.25, 0.3) is 0 Å². The number of benzene rings is 1. The van der Waals surface area contributed by atoms with Gasteiger partial charge in [-0.15, -0.1) is 0 Å². The zero-order chi connectivity index (χ0) is 17.4. The summed E-state index contributed by atoms with van der Waals surface area (Å²) >= 11 is 5.23. The van der Waals surface area contributed by atoms with E-state index in [2.05, 4.69) is 24.5 Å². The van der Waals surface area contributed by atoms with Gasteiger partial charge in [-0.1, -0.05) is 0 Å². The highest BCUT2D eigenvalue weighted by atomic mass is 32.1. The van der Waals surface area contributed by atoms with Gasteiger partial charge < -0.3 is 24.8 Å². The number of nitrogens with one attached hydrogen (secondary N) is 2. The van der Waals surface area contributed by atoms with Crippen LogP contribution in [0.1, 0.15) is 38.7 Å². The highest BCUT2D eigenvalue weighted by Gasteiger charge is 2.37. The number of thiocarbonyl (C=S) groups is 1. The zero-order valence-corrected chi connectivity index (χ0v) is 15.6. The highest BCUT2D eigenvalue weighted by Crippen LogP contribution is 2.36. The summed E-state index contributed by atoms with van der Waals surface area (Å²) in [7, 11) is 1.67. The van der Waals surface area contributed by atoms with Gasteiger partial charge in [0.05, 0.1) is 20.3 Å². The number of ether oxygens (including phenoxy) is 3. The van der Waals surface area contributed by atoms with Crippen molar-refractivity contribution in [2.45, 2.75) is 44.9 Å². The van der Waals surface area contributed by atoms with E-state index in [0.717, 1.165) is 37.1 Å². The van der Waals surface area contributed by atoms with Crippen molar-refractivity contribution in [1.29, 1.82) is 0 Å². The summed E-state index contributed by atoms with van der Waals surface area (Å²) in [5.74, 6) is 0.213. The van der Waals surface area contributed by atoms with Crippen molar-refractivity contribution in [1.82, 2.24) is 10.6 Å². The standard InChI is InChI=1S/C18H28N2O3S/c1-14(2)20-17(24)19-11-5-4-10-18(22-12-13-23-18)15-6-8-16(21-3)9-7-15/h6-9,14H,4-5,10-13H2,1-3H3,(H2,19,20,24). The second-order valence-corrected chi connectivity index (χ2v) is 6.60. The fraction of sp³-hybridized carbons (Fsp3) is 0.611. The van der Waals surface area contributed by atoms with E-state index < -0.39 is 5.79 Å². The monoisotopic (exact) mass is 352 g/mol. The van der Waals surface area contributed by atoms with Gasteiger partial charge in [0.15, 0.2) is 10.9 Å². The first-order valence-corrected chi connectivity index (χ1v) is 8.93. The predicted octanol–water partition coefficient (Wildman–Crippen LogP) is 2.94. The number of rotatable bonds is 8. The van der Waals surface area contributed by atoms with Gasteiger partial charge >= 0.3 is 0 Å². The van der Waals surface area contributed by atoms with Crippen LogP contribution in [0.2, 0.25) is 0 Å². The Hall–Kier alpha value is -1.37. The second kappa shape index (κ2) is 9.20. The quantitative estimate of drug-likeness (QED) is 0.554. The minimum atomic E-state index is -0.622. The molecule has 0 bridgehead atoms. The van der Waals surface area contributed by atoms with Crippen molar-refractivity contribution in [2.75, 3.05) is 26.9 Å². The van der Waals surface area contributed by atoms with E-state index in [9.17, 15) is 0 Å². The number of hydrogen-bond acceptors (Lipinski definition) is 4. The fourth-order valence-electron chi connectivity index (χ4n) is 2.75. The van der Waals surface area contributed by atoms with Crippen LogP contribution in [0, 0.1) is 0 Å². The van der Waals surface area contributed by atoms with Gasteiger partial charge in [-0.05, 0) is 63.2 Å². The lowest BCUT2D eigenvalue weighted by Crippen LogP contribution is -2.39. The zero-order valence-electron chi connectivity index (χ0n) is 14.8. The molecule has 0 aromatic heterocycles. The molecule has 0 spiro atoms. The molecule has 1 aromatic rings. The molecule has 134 valence electrons. The molecule has 0 saturated carbocycles. The Morgan fingerprint density at radius 2 is 1.88 bits per heavy atom. The van der Waals surface area contributed by atoms with E-state index in [4.69, 9.17) is 26.4 Å². The SMILES string of the molecule is COc1ccc(C2(CCCCNC(=S)NC(C)C)OCCO2)cc1. The lowest BCUT2D eigenvalue weighted by atomic mass is 9.99. The normalized spacial score (nSPS) is 16.2. The average Bonchev–Trinajstić information content (AvgIpc) is 3.04. The minimum absolute atomic E-state index is 0.351. The molecule has 1 heterocycles. The van der Waals surface area contributed by atoms with Crippen molar-refractivity contribution in [2.24, 2.45) is 0 Å². The van der Waals surface area contributed by atoms with Gasteiger partial charge in [0, 0.05) is 24.6 Å². The Labute approximate surface area is 150 Å². The van der Waals surface area contributed by atoms with E-state index in [1.165, 1.54) is 0 Å². The first kappa shape index (κ1) is 19.0. The van der Waals surface area contributed by atoms with Crippen LogP contribution in [0.4, 0.5) is 0 Å². The molecule has 1 aliphatic heterocycles. The van der Waals surface area contributed by atoms with Crippen LogP contribution < -0.4 is 15.4 Å². The van der Waals surface area contributed by atoms with Crippen LogP contribution in [0.25, 0.3) is 0 Å². The molecule has 0 aliphatic carbocycles. The molecule has 1 aromatic carbocycles. The third-order valence-electron chi connectivity index (χ3n) is 3.92. The summed E-state index contributed by atoms with van der Waals surface area (Å²) in [5, 5.41) is 7.12. The molecule has 2 rings (SSSR count). The summed E-state index contributed by atoms with van der Waals surface area (Å²) < 4.78 is 17.1. The van der Waals surface area contributed by atoms with Gasteiger partial charge in [-0.2, -0.15) is 0 Å². The molecular formula is C18H28N2O3S. The third kappa shape index (κ3) is 5.33. The Balaban J connectivity index is 1.82. The Bertz CT molecular complexity index is 514. The predicted molar refractivity (Wildman–Crippen MR) is 99.3 cm³/mol. The van der Waals surface area contributed by atoms with Gasteiger partial charge in [0.1, 0.15) is 5.75 Å². The van der Waals surface area contributed by atoms with Crippen LogP contribution in [0.5, 0.6) is 5.75 Å². The van der Waals surface area contributed by atoms with Crippen molar-refractivity contribution < 1.29 is 14.2 Å². The lowest BCUT2D eigenvalue weighted by Gasteiger charge is -2.28. The number of hydrogen-bond donors (Lipinski definition) is 2. The molecule has 1 saturated heterocycles. The van der Waals surface area contributed by atoms with E-state index >= 15 is 0 Å². The molecule has 0 radical (unpaired) electrons. The first-order valence-electron chi connectivity index (χ1n) is 8.52. The molecule has 0 unspecified atom stereocenters. The van der Waals surface area contributed by atoms with Crippen molar-refractivity contribution in [3.05, 3.63) is 29.8 Å². The van der Waals surface area contributed by atoms with Crippen LogP contribution in [-0.4, -0.2) is 38.0 Å². The summed E-state index contributed by atoms with van der Waals surface area (Å²) in [6.07, 6.45) is 2.82. The summed E-state index contributed by atoms with van der Waals surface area (Å²) in [6.45, 7) is 6.25.